The maximum atomic E-state index is 12.7. The second kappa shape index (κ2) is 9.07. The fourth-order valence-electron chi connectivity index (χ4n) is 3.47. The quantitative estimate of drug-likeness (QED) is 0.682. The van der Waals surface area contributed by atoms with Gasteiger partial charge in [0, 0.05) is 24.7 Å². The maximum absolute atomic E-state index is 12.7. The van der Waals surface area contributed by atoms with Crippen LogP contribution in [0.4, 0.5) is 11.4 Å². The summed E-state index contributed by atoms with van der Waals surface area (Å²) >= 11 is 0. The van der Waals surface area contributed by atoms with E-state index in [1.54, 1.807) is 31.9 Å². The van der Waals surface area contributed by atoms with E-state index in [0.29, 0.717) is 17.1 Å². The average molecular weight is 446 g/mol. The molecule has 166 valence electrons. The van der Waals surface area contributed by atoms with Crippen molar-refractivity contribution in [3.8, 4) is 5.75 Å². The molecule has 1 aliphatic heterocycles. The molecule has 8 nitrogen and oxygen atoms in total. The Morgan fingerprint density at radius 2 is 1.84 bits per heavy atom. The fraction of sp³-hybridized carbons (Fsp3) is 0.364. The lowest BCUT2D eigenvalue weighted by Crippen LogP contribution is -2.30. The summed E-state index contributed by atoms with van der Waals surface area (Å²) < 4.78 is 32.3. The number of sulfonamides is 1. The van der Waals surface area contributed by atoms with Crippen LogP contribution in [0.3, 0.4) is 0 Å². The van der Waals surface area contributed by atoms with Crippen LogP contribution in [0.15, 0.2) is 47.4 Å². The SMILES string of the molecule is COc1ccc(C)cc1N1CC(C(=O)Nc2ccc(S(=O)(=O)NC(C)C)cc2)CC1=O. The Hall–Kier alpha value is -2.91. The summed E-state index contributed by atoms with van der Waals surface area (Å²) in [6.07, 6.45) is 0.0910. The topological polar surface area (TPSA) is 105 Å². The lowest BCUT2D eigenvalue weighted by molar-refractivity contribution is -0.122. The smallest absolute Gasteiger partial charge is 0.240 e. The van der Waals surface area contributed by atoms with E-state index in [2.05, 4.69) is 10.0 Å². The molecule has 1 atom stereocenters. The third kappa shape index (κ3) is 5.23. The molecule has 1 heterocycles. The summed E-state index contributed by atoms with van der Waals surface area (Å²) in [6.45, 7) is 5.65. The number of ether oxygens (including phenoxy) is 1. The minimum atomic E-state index is -3.60. The van der Waals surface area contributed by atoms with E-state index in [1.807, 2.05) is 19.1 Å². The van der Waals surface area contributed by atoms with Gasteiger partial charge < -0.3 is 15.0 Å². The van der Waals surface area contributed by atoms with Gasteiger partial charge in [-0.25, -0.2) is 13.1 Å². The van der Waals surface area contributed by atoms with E-state index in [-0.39, 0.29) is 35.7 Å². The number of amides is 2. The summed E-state index contributed by atoms with van der Waals surface area (Å²) in [5, 5.41) is 2.77. The number of methoxy groups -OCH3 is 1. The van der Waals surface area contributed by atoms with Crippen molar-refractivity contribution in [1.29, 1.82) is 0 Å². The summed E-state index contributed by atoms with van der Waals surface area (Å²) in [7, 11) is -2.06. The Morgan fingerprint density at radius 1 is 1.16 bits per heavy atom. The van der Waals surface area contributed by atoms with E-state index in [4.69, 9.17) is 4.74 Å². The van der Waals surface area contributed by atoms with Gasteiger partial charge in [0.25, 0.3) is 0 Å². The number of carbonyl (C=O) groups is 2. The molecule has 0 radical (unpaired) electrons. The van der Waals surface area contributed by atoms with Crippen LogP contribution in [0, 0.1) is 12.8 Å². The Bertz CT molecular complexity index is 1080. The first-order valence-corrected chi connectivity index (χ1v) is 11.5. The van der Waals surface area contributed by atoms with E-state index in [1.165, 1.54) is 24.3 Å². The van der Waals surface area contributed by atoms with Gasteiger partial charge in [-0.3, -0.25) is 9.59 Å². The maximum Gasteiger partial charge on any atom is 0.240 e. The number of hydrogen-bond donors (Lipinski definition) is 2. The van der Waals surface area contributed by atoms with E-state index < -0.39 is 15.9 Å². The molecule has 3 rings (SSSR count). The van der Waals surface area contributed by atoms with Gasteiger partial charge in [0.05, 0.1) is 23.6 Å². The predicted octanol–water partition coefficient (Wildman–Crippen LogP) is 2.68. The van der Waals surface area contributed by atoms with Crippen LogP contribution in [0.2, 0.25) is 0 Å². The number of carbonyl (C=O) groups excluding carboxylic acids is 2. The zero-order valence-corrected chi connectivity index (χ0v) is 18.8. The van der Waals surface area contributed by atoms with Crippen molar-refractivity contribution in [2.45, 2.75) is 38.1 Å². The summed E-state index contributed by atoms with van der Waals surface area (Å²) in [5.74, 6) is -0.390. The van der Waals surface area contributed by atoms with E-state index in [0.717, 1.165) is 5.56 Å². The zero-order chi connectivity index (χ0) is 22.8. The van der Waals surface area contributed by atoms with Gasteiger partial charge in [0.2, 0.25) is 21.8 Å². The third-order valence-corrected chi connectivity index (χ3v) is 6.62. The minimum Gasteiger partial charge on any atom is -0.495 e. The third-order valence-electron chi connectivity index (χ3n) is 4.94. The van der Waals surface area contributed by atoms with Crippen LogP contribution in [0.5, 0.6) is 5.75 Å². The first-order valence-electron chi connectivity index (χ1n) is 9.99. The highest BCUT2D eigenvalue weighted by molar-refractivity contribution is 7.89. The zero-order valence-electron chi connectivity index (χ0n) is 18.0. The van der Waals surface area contributed by atoms with Gasteiger partial charge >= 0.3 is 0 Å². The normalized spacial score (nSPS) is 16.6. The van der Waals surface area contributed by atoms with Crippen molar-refractivity contribution < 1.29 is 22.7 Å². The highest BCUT2D eigenvalue weighted by Crippen LogP contribution is 2.34. The number of nitrogens with zero attached hydrogens (tertiary/aromatic N) is 1. The Labute approximate surface area is 182 Å². The summed E-state index contributed by atoms with van der Waals surface area (Å²) in [4.78, 5) is 27.0. The molecule has 2 amide bonds. The molecular weight excluding hydrogens is 418 g/mol. The van der Waals surface area contributed by atoms with Crippen molar-refractivity contribution in [3.63, 3.8) is 0 Å². The van der Waals surface area contributed by atoms with Crippen LogP contribution in [-0.2, 0) is 19.6 Å². The van der Waals surface area contributed by atoms with Gasteiger partial charge in [0.1, 0.15) is 5.75 Å². The average Bonchev–Trinajstić information content (AvgIpc) is 3.09. The number of nitrogens with one attached hydrogen (secondary N) is 2. The van der Waals surface area contributed by atoms with Crippen LogP contribution in [0.1, 0.15) is 25.8 Å². The molecule has 9 heteroatoms. The largest absolute Gasteiger partial charge is 0.495 e. The molecule has 1 aliphatic rings. The first kappa shape index (κ1) is 22.8. The van der Waals surface area contributed by atoms with Crippen LogP contribution in [-0.4, -0.2) is 39.9 Å². The lowest BCUT2D eigenvalue weighted by Gasteiger charge is -2.20. The molecule has 2 aromatic carbocycles. The molecule has 1 fully saturated rings. The number of benzene rings is 2. The van der Waals surface area contributed by atoms with Crippen LogP contribution < -0.4 is 19.7 Å². The molecule has 0 aromatic heterocycles. The van der Waals surface area contributed by atoms with Gasteiger partial charge in [-0.05, 0) is 62.7 Å². The van der Waals surface area contributed by atoms with E-state index >= 15 is 0 Å². The van der Waals surface area contributed by atoms with Gasteiger partial charge in [-0.15, -0.1) is 0 Å². The molecule has 2 N–H and O–H groups in total. The second-order valence-corrected chi connectivity index (χ2v) is 9.58. The van der Waals surface area contributed by atoms with Crippen molar-refractivity contribution in [3.05, 3.63) is 48.0 Å². The fourth-order valence-corrected chi connectivity index (χ4v) is 4.72. The summed E-state index contributed by atoms with van der Waals surface area (Å²) in [5.41, 5.74) is 2.10. The number of anilines is 2. The lowest BCUT2D eigenvalue weighted by atomic mass is 10.1. The molecule has 31 heavy (non-hydrogen) atoms. The van der Waals surface area contributed by atoms with Crippen molar-refractivity contribution in [2.24, 2.45) is 5.92 Å². The van der Waals surface area contributed by atoms with Crippen molar-refractivity contribution >= 4 is 33.2 Å². The van der Waals surface area contributed by atoms with Gasteiger partial charge in [-0.1, -0.05) is 6.07 Å². The second-order valence-electron chi connectivity index (χ2n) is 7.87. The highest BCUT2D eigenvalue weighted by atomic mass is 32.2. The van der Waals surface area contributed by atoms with Gasteiger partial charge in [-0.2, -0.15) is 0 Å². The monoisotopic (exact) mass is 445 g/mol. The van der Waals surface area contributed by atoms with E-state index in [9.17, 15) is 18.0 Å². The molecule has 1 saturated heterocycles. The number of aryl methyl sites for hydroxylation is 1. The molecule has 1 unspecified atom stereocenters. The predicted molar refractivity (Wildman–Crippen MR) is 119 cm³/mol. The molecule has 0 aliphatic carbocycles. The summed E-state index contributed by atoms with van der Waals surface area (Å²) in [6, 6.07) is 11.3. The Balaban J connectivity index is 1.69. The number of hydrogen-bond acceptors (Lipinski definition) is 5. The molecule has 0 saturated carbocycles. The van der Waals surface area contributed by atoms with Crippen LogP contribution >= 0.6 is 0 Å². The Kier molecular flexibility index (Phi) is 6.66. The minimum absolute atomic E-state index is 0.0910. The number of rotatable bonds is 7. The van der Waals surface area contributed by atoms with Crippen molar-refractivity contribution in [2.75, 3.05) is 23.9 Å². The first-order chi connectivity index (χ1) is 14.6. The standard InChI is InChI=1S/C22H27N3O5S/c1-14(2)24-31(28,29)18-8-6-17(7-9-18)23-22(27)16-12-21(26)25(13-16)19-11-15(3)5-10-20(19)30-4/h5-11,14,16,24H,12-13H2,1-4H3,(H,23,27). The van der Waals surface area contributed by atoms with Crippen molar-refractivity contribution in [1.82, 2.24) is 4.72 Å². The van der Waals surface area contributed by atoms with Crippen LogP contribution in [0.25, 0.3) is 0 Å². The molecule has 0 bridgehead atoms. The van der Waals surface area contributed by atoms with Gasteiger partial charge in [0.15, 0.2) is 0 Å². The Morgan fingerprint density at radius 3 is 2.45 bits per heavy atom. The molecule has 0 spiro atoms. The molecular formula is C22H27N3O5S. The highest BCUT2D eigenvalue weighted by Gasteiger charge is 2.36. The molecule has 2 aromatic rings.